The molecular weight excluding hydrogens is 244 g/mol. The summed E-state index contributed by atoms with van der Waals surface area (Å²) >= 11 is 0. The highest BCUT2D eigenvalue weighted by atomic mass is 15.2. The lowest BCUT2D eigenvalue weighted by Gasteiger charge is -2.36. The molecule has 1 aromatic rings. The fourth-order valence-corrected chi connectivity index (χ4v) is 3.59. The van der Waals surface area contributed by atoms with Crippen LogP contribution in [0.15, 0.2) is 30.3 Å². The minimum atomic E-state index is 0.683. The van der Waals surface area contributed by atoms with Crippen LogP contribution in [-0.2, 0) is 6.54 Å². The van der Waals surface area contributed by atoms with Crippen LogP contribution in [-0.4, -0.2) is 24.0 Å². The average Bonchev–Trinajstić information content (AvgIpc) is 2.73. The number of hydrogen-bond acceptors (Lipinski definition) is 2. The van der Waals surface area contributed by atoms with Crippen LogP contribution in [0.5, 0.6) is 0 Å². The summed E-state index contributed by atoms with van der Waals surface area (Å²) in [5.41, 5.74) is 7.50. The first-order valence-electron chi connectivity index (χ1n) is 8.33. The van der Waals surface area contributed by atoms with Gasteiger partial charge in [0, 0.05) is 12.6 Å². The van der Waals surface area contributed by atoms with Gasteiger partial charge in [-0.1, -0.05) is 56.5 Å². The van der Waals surface area contributed by atoms with Crippen LogP contribution < -0.4 is 5.73 Å². The summed E-state index contributed by atoms with van der Waals surface area (Å²) in [6.45, 7) is 5.40. The fourth-order valence-electron chi connectivity index (χ4n) is 3.59. The Morgan fingerprint density at radius 3 is 2.55 bits per heavy atom. The quantitative estimate of drug-likeness (QED) is 0.799. The monoisotopic (exact) mass is 274 g/mol. The van der Waals surface area contributed by atoms with Crippen molar-refractivity contribution in [3.05, 3.63) is 35.9 Å². The number of hydrogen-bond donors (Lipinski definition) is 1. The summed E-state index contributed by atoms with van der Waals surface area (Å²) < 4.78 is 0. The van der Waals surface area contributed by atoms with Gasteiger partial charge in [-0.25, -0.2) is 0 Å². The molecule has 2 unspecified atom stereocenters. The molecule has 2 atom stereocenters. The Bertz CT molecular complexity index is 363. The Morgan fingerprint density at radius 2 is 1.85 bits per heavy atom. The molecule has 1 aliphatic carbocycles. The van der Waals surface area contributed by atoms with Crippen molar-refractivity contribution in [2.24, 2.45) is 11.7 Å². The largest absolute Gasteiger partial charge is 0.330 e. The van der Waals surface area contributed by atoms with Crippen molar-refractivity contribution in [3.63, 3.8) is 0 Å². The van der Waals surface area contributed by atoms with E-state index in [0.717, 1.165) is 13.1 Å². The topological polar surface area (TPSA) is 29.3 Å². The van der Waals surface area contributed by atoms with Gasteiger partial charge >= 0.3 is 0 Å². The molecule has 0 radical (unpaired) electrons. The van der Waals surface area contributed by atoms with Crippen LogP contribution >= 0.6 is 0 Å². The second-order valence-corrected chi connectivity index (χ2v) is 6.16. The zero-order valence-corrected chi connectivity index (χ0v) is 12.9. The minimum absolute atomic E-state index is 0.683. The molecule has 20 heavy (non-hydrogen) atoms. The Kier molecular flexibility index (Phi) is 6.55. The van der Waals surface area contributed by atoms with Crippen LogP contribution in [0.4, 0.5) is 0 Å². The van der Waals surface area contributed by atoms with E-state index in [1.54, 1.807) is 0 Å². The zero-order chi connectivity index (χ0) is 14.2. The smallest absolute Gasteiger partial charge is 0.0236 e. The van der Waals surface area contributed by atoms with E-state index in [1.807, 2.05) is 0 Å². The molecule has 0 heterocycles. The minimum Gasteiger partial charge on any atom is -0.330 e. The molecule has 1 fully saturated rings. The lowest BCUT2D eigenvalue weighted by molar-refractivity contribution is 0.127. The van der Waals surface area contributed by atoms with Gasteiger partial charge in [-0.15, -0.1) is 0 Å². The molecule has 112 valence electrons. The Labute approximate surface area is 124 Å². The third kappa shape index (κ3) is 4.32. The molecule has 0 aliphatic heterocycles. The first-order chi connectivity index (χ1) is 9.85. The van der Waals surface area contributed by atoms with Gasteiger partial charge in [0.2, 0.25) is 0 Å². The molecule has 1 aliphatic rings. The molecule has 1 aromatic carbocycles. The van der Waals surface area contributed by atoms with Gasteiger partial charge in [-0.2, -0.15) is 0 Å². The van der Waals surface area contributed by atoms with E-state index in [1.165, 1.54) is 50.6 Å². The molecule has 2 N–H and O–H groups in total. The van der Waals surface area contributed by atoms with Crippen LogP contribution in [0, 0.1) is 5.92 Å². The summed E-state index contributed by atoms with van der Waals surface area (Å²) in [4.78, 5) is 2.69. The van der Waals surface area contributed by atoms with Crippen molar-refractivity contribution in [2.45, 2.75) is 58.0 Å². The van der Waals surface area contributed by atoms with Crippen LogP contribution in [0.25, 0.3) is 0 Å². The highest BCUT2D eigenvalue weighted by Crippen LogP contribution is 2.28. The number of rotatable bonds is 6. The van der Waals surface area contributed by atoms with Gasteiger partial charge in [0.15, 0.2) is 0 Å². The second-order valence-electron chi connectivity index (χ2n) is 6.16. The third-order valence-corrected chi connectivity index (χ3v) is 4.63. The summed E-state index contributed by atoms with van der Waals surface area (Å²) in [5, 5.41) is 0. The average molecular weight is 274 g/mol. The number of nitrogens with zero attached hydrogens (tertiary/aromatic N) is 1. The summed E-state index contributed by atoms with van der Waals surface area (Å²) in [6.07, 6.45) is 7.99. The summed E-state index contributed by atoms with van der Waals surface area (Å²) in [6, 6.07) is 11.6. The first kappa shape index (κ1) is 15.5. The summed E-state index contributed by atoms with van der Waals surface area (Å²) in [5.74, 6) is 0.688. The maximum absolute atomic E-state index is 6.06. The first-order valence-corrected chi connectivity index (χ1v) is 8.33. The van der Waals surface area contributed by atoms with Crippen molar-refractivity contribution in [2.75, 3.05) is 13.1 Å². The molecule has 2 nitrogen and oxygen atoms in total. The van der Waals surface area contributed by atoms with E-state index < -0.39 is 0 Å². The molecule has 2 heteroatoms. The SMILES string of the molecule is CCCN(Cc1ccccc1)C1CCCCCC1CN. The normalized spacial score (nSPS) is 23.8. The third-order valence-electron chi connectivity index (χ3n) is 4.63. The van der Waals surface area contributed by atoms with Gasteiger partial charge in [-0.05, 0) is 43.8 Å². The molecule has 0 aromatic heterocycles. The van der Waals surface area contributed by atoms with Gasteiger partial charge in [0.25, 0.3) is 0 Å². The van der Waals surface area contributed by atoms with E-state index in [4.69, 9.17) is 5.73 Å². The lowest BCUT2D eigenvalue weighted by atomic mass is 9.93. The van der Waals surface area contributed by atoms with Crippen LogP contribution in [0.1, 0.15) is 51.0 Å². The molecule has 0 amide bonds. The Hall–Kier alpha value is -0.860. The van der Waals surface area contributed by atoms with E-state index in [0.29, 0.717) is 12.0 Å². The van der Waals surface area contributed by atoms with Crippen molar-refractivity contribution >= 4 is 0 Å². The molecule has 0 bridgehead atoms. The van der Waals surface area contributed by atoms with E-state index in [-0.39, 0.29) is 0 Å². The fraction of sp³-hybridized carbons (Fsp3) is 0.667. The van der Waals surface area contributed by atoms with Crippen LogP contribution in [0.3, 0.4) is 0 Å². The second kappa shape index (κ2) is 8.43. The van der Waals surface area contributed by atoms with Crippen LogP contribution in [0.2, 0.25) is 0 Å². The number of nitrogens with two attached hydrogens (primary N) is 1. The van der Waals surface area contributed by atoms with Gasteiger partial charge in [0.05, 0.1) is 0 Å². The molecule has 1 saturated carbocycles. The number of benzene rings is 1. The highest BCUT2D eigenvalue weighted by Gasteiger charge is 2.27. The maximum Gasteiger partial charge on any atom is 0.0236 e. The van der Waals surface area contributed by atoms with Crippen molar-refractivity contribution < 1.29 is 0 Å². The lowest BCUT2D eigenvalue weighted by Crippen LogP contribution is -2.42. The van der Waals surface area contributed by atoms with E-state index >= 15 is 0 Å². The predicted molar refractivity (Wildman–Crippen MR) is 86.6 cm³/mol. The Balaban J connectivity index is 2.08. The summed E-state index contributed by atoms with van der Waals surface area (Å²) in [7, 11) is 0. The standard InChI is InChI=1S/C18H30N2/c1-2-13-20(15-16-9-5-3-6-10-16)18-12-8-4-7-11-17(18)14-19/h3,5-6,9-10,17-18H,2,4,7-8,11-15,19H2,1H3. The predicted octanol–water partition coefficient (Wildman–Crippen LogP) is 3.81. The Morgan fingerprint density at radius 1 is 1.10 bits per heavy atom. The van der Waals surface area contributed by atoms with Gasteiger partial charge in [0.1, 0.15) is 0 Å². The molecular formula is C18H30N2. The van der Waals surface area contributed by atoms with Crippen molar-refractivity contribution in [1.82, 2.24) is 4.90 Å². The molecule has 0 saturated heterocycles. The van der Waals surface area contributed by atoms with E-state index in [9.17, 15) is 0 Å². The van der Waals surface area contributed by atoms with Gasteiger partial charge < -0.3 is 5.73 Å². The van der Waals surface area contributed by atoms with Crippen molar-refractivity contribution in [3.8, 4) is 0 Å². The highest BCUT2D eigenvalue weighted by molar-refractivity contribution is 5.14. The molecule has 2 rings (SSSR count). The maximum atomic E-state index is 6.06. The van der Waals surface area contributed by atoms with Crippen molar-refractivity contribution in [1.29, 1.82) is 0 Å². The van der Waals surface area contributed by atoms with E-state index in [2.05, 4.69) is 42.2 Å². The molecule has 0 spiro atoms. The van der Waals surface area contributed by atoms with Gasteiger partial charge in [-0.3, -0.25) is 4.90 Å². The zero-order valence-electron chi connectivity index (χ0n) is 12.9.